The Hall–Kier alpha value is -2.94. The van der Waals surface area contributed by atoms with Crippen molar-refractivity contribution in [3.63, 3.8) is 0 Å². The average molecular weight is 511 g/mol. The summed E-state index contributed by atoms with van der Waals surface area (Å²) in [5.74, 6) is 1.18. The maximum absolute atomic E-state index is 10.7. The number of phenols is 1. The Morgan fingerprint density at radius 3 is 2.46 bits per heavy atom. The first-order chi connectivity index (χ1) is 17.5. The Labute approximate surface area is 220 Å². The van der Waals surface area contributed by atoms with Crippen molar-refractivity contribution in [1.82, 2.24) is 10.2 Å². The number of fused-ring (bicyclic) bond motifs is 1. The Balaban J connectivity index is 1.40. The number of rotatable bonds is 8. The molecule has 0 bridgehead atoms. The Morgan fingerprint density at radius 2 is 1.76 bits per heavy atom. The van der Waals surface area contributed by atoms with Crippen LogP contribution in [0.2, 0.25) is 0 Å². The zero-order chi connectivity index (χ0) is 26.6. The van der Waals surface area contributed by atoms with Gasteiger partial charge in [0, 0.05) is 54.8 Å². The van der Waals surface area contributed by atoms with Crippen molar-refractivity contribution in [2.45, 2.75) is 57.7 Å². The van der Waals surface area contributed by atoms with Crippen LogP contribution in [-0.2, 0) is 9.47 Å². The van der Waals surface area contributed by atoms with E-state index in [0.29, 0.717) is 23.8 Å². The van der Waals surface area contributed by atoms with Crippen molar-refractivity contribution in [1.29, 1.82) is 0 Å². The highest BCUT2D eigenvalue weighted by molar-refractivity contribution is 5.89. The smallest absolute Gasteiger partial charge is 0.184 e. The van der Waals surface area contributed by atoms with E-state index in [2.05, 4.69) is 37.9 Å². The second-order valence-electron chi connectivity index (χ2n) is 11.4. The summed E-state index contributed by atoms with van der Waals surface area (Å²) in [6.45, 7) is 13.6. The topological polar surface area (TPSA) is 115 Å². The van der Waals surface area contributed by atoms with Crippen LogP contribution in [0.25, 0.3) is 16.5 Å². The molecule has 4 rings (SSSR count). The molecular formula is C29H42N4O4. The molecular weight excluding hydrogens is 468 g/mol. The molecule has 37 heavy (non-hydrogen) atoms. The van der Waals surface area contributed by atoms with Crippen molar-refractivity contribution < 1.29 is 19.3 Å². The fourth-order valence-electron chi connectivity index (χ4n) is 5.51. The second kappa shape index (κ2) is 11.2. The van der Waals surface area contributed by atoms with Gasteiger partial charge >= 0.3 is 0 Å². The molecule has 0 spiro atoms. The van der Waals surface area contributed by atoms with Gasteiger partial charge in [0.1, 0.15) is 24.2 Å². The summed E-state index contributed by atoms with van der Waals surface area (Å²) in [7, 11) is 0. The molecule has 0 unspecified atom stereocenters. The number of nitrogens with one attached hydrogen (secondary N) is 1. The highest BCUT2D eigenvalue weighted by atomic mass is 16.5. The molecule has 2 heterocycles. The van der Waals surface area contributed by atoms with Crippen molar-refractivity contribution in [3.05, 3.63) is 53.9 Å². The number of nitrogens with two attached hydrogens (primary N) is 2. The molecule has 2 aliphatic rings. The number of allylic oxidation sites excluding steroid dienone is 2. The van der Waals surface area contributed by atoms with E-state index < -0.39 is 0 Å². The number of benzene rings is 2. The van der Waals surface area contributed by atoms with Gasteiger partial charge in [-0.15, -0.1) is 0 Å². The van der Waals surface area contributed by atoms with E-state index in [1.54, 1.807) is 18.2 Å². The molecule has 0 saturated carbocycles. The second-order valence-corrected chi connectivity index (χ2v) is 11.4. The number of ether oxygens (including phenoxy) is 3. The molecule has 0 aromatic heterocycles. The summed E-state index contributed by atoms with van der Waals surface area (Å²) in [5, 5.41) is 16.2. The van der Waals surface area contributed by atoms with Gasteiger partial charge in [0.25, 0.3) is 0 Å². The lowest BCUT2D eigenvalue weighted by molar-refractivity contribution is 0.0130. The van der Waals surface area contributed by atoms with Crippen molar-refractivity contribution in [3.8, 4) is 11.5 Å². The van der Waals surface area contributed by atoms with Crippen LogP contribution < -0.4 is 21.5 Å². The van der Waals surface area contributed by atoms with Gasteiger partial charge < -0.3 is 36.1 Å². The molecule has 2 aromatic rings. The molecule has 2 fully saturated rings. The van der Waals surface area contributed by atoms with Gasteiger partial charge in [-0.3, -0.25) is 4.90 Å². The Morgan fingerprint density at radius 1 is 1.05 bits per heavy atom. The molecule has 2 saturated heterocycles. The number of phenolic OH excluding ortho intramolecular Hbond substituents is 1. The number of aromatic hydroxyl groups is 1. The van der Waals surface area contributed by atoms with Gasteiger partial charge in [-0.25, -0.2) is 0 Å². The van der Waals surface area contributed by atoms with Crippen LogP contribution >= 0.6 is 0 Å². The van der Waals surface area contributed by atoms with Gasteiger partial charge in [0.15, 0.2) is 5.88 Å². The number of hydrogen-bond acceptors (Lipinski definition) is 8. The number of morpholine rings is 1. The van der Waals surface area contributed by atoms with Crippen LogP contribution in [0.15, 0.2) is 48.4 Å². The van der Waals surface area contributed by atoms with Gasteiger partial charge in [-0.05, 0) is 74.9 Å². The number of hydrogen-bond donors (Lipinski definition) is 4. The standard InChI is InChI=1S/C29H42N4O4/c1-28(2)18-23(19-29(3,4)32-28)37-27(31)8-7-25(30)24-16-20-5-6-22(15-21(20)17-26(24)34)36-14-11-33-9-12-35-13-10-33/h5-8,15-17,23,32,34H,9-14,18-19,30-31H2,1-4H3/b25-7-,27-8+. The van der Waals surface area contributed by atoms with E-state index in [9.17, 15) is 5.11 Å². The molecule has 0 amide bonds. The van der Waals surface area contributed by atoms with Crippen LogP contribution in [0, 0.1) is 0 Å². The van der Waals surface area contributed by atoms with Crippen molar-refractivity contribution in [2.24, 2.45) is 11.5 Å². The minimum atomic E-state index is -0.0356. The van der Waals surface area contributed by atoms with Gasteiger partial charge in [0.2, 0.25) is 0 Å². The molecule has 0 aliphatic carbocycles. The lowest BCUT2D eigenvalue weighted by atomic mass is 9.81. The van der Waals surface area contributed by atoms with Crippen LogP contribution in [0.3, 0.4) is 0 Å². The van der Waals surface area contributed by atoms with Crippen LogP contribution in [-0.4, -0.2) is 66.6 Å². The third kappa shape index (κ3) is 7.53. The summed E-state index contributed by atoms with van der Waals surface area (Å²) < 4.78 is 17.4. The lowest BCUT2D eigenvalue weighted by Gasteiger charge is -2.46. The molecule has 2 aromatic carbocycles. The largest absolute Gasteiger partial charge is 0.507 e. The molecule has 2 aliphatic heterocycles. The maximum atomic E-state index is 10.7. The first kappa shape index (κ1) is 27.1. The van der Waals surface area contributed by atoms with Crippen LogP contribution in [0.5, 0.6) is 11.5 Å². The third-order valence-corrected chi connectivity index (χ3v) is 6.90. The summed E-state index contributed by atoms with van der Waals surface area (Å²) in [6.07, 6.45) is 5.06. The van der Waals surface area contributed by atoms with Gasteiger partial charge in [-0.2, -0.15) is 0 Å². The quantitative estimate of drug-likeness (QED) is 0.314. The minimum Gasteiger partial charge on any atom is -0.507 e. The van der Waals surface area contributed by atoms with E-state index in [4.69, 9.17) is 25.7 Å². The Bertz CT molecular complexity index is 1140. The fraction of sp³-hybridized carbons (Fsp3) is 0.517. The molecule has 6 N–H and O–H groups in total. The number of piperidine rings is 1. The van der Waals surface area contributed by atoms with Gasteiger partial charge in [-0.1, -0.05) is 6.07 Å². The zero-order valence-corrected chi connectivity index (χ0v) is 22.5. The fourth-order valence-corrected chi connectivity index (χ4v) is 5.51. The predicted molar refractivity (Wildman–Crippen MR) is 148 cm³/mol. The van der Waals surface area contributed by atoms with Crippen molar-refractivity contribution >= 4 is 16.5 Å². The van der Waals surface area contributed by atoms with Gasteiger partial charge in [0.05, 0.1) is 13.2 Å². The van der Waals surface area contributed by atoms with E-state index in [1.165, 1.54) is 0 Å². The summed E-state index contributed by atoms with van der Waals surface area (Å²) in [4.78, 5) is 2.33. The highest BCUT2D eigenvalue weighted by Crippen LogP contribution is 2.32. The van der Waals surface area contributed by atoms with E-state index in [-0.39, 0.29) is 22.9 Å². The molecule has 8 nitrogen and oxygen atoms in total. The van der Waals surface area contributed by atoms with Crippen molar-refractivity contribution in [2.75, 3.05) is 39.5 Å². The average Bonchev–Trinajstić information content (AvgIpc) is 2.80. The third-order valence-electron chi connectivity index (χ3n) is 6.90. The summed E-state index contributed by atoms with van der Waals surface area (Å²) in [6, 6.07) is 9.44. The first-order valence-electron chi connectivity index (χ1n) is 13.1. The SMILES string of the molecule is CC1(C)CC(O/C(N)=C/C=C(\N)c2cc3ccc(OCCN4CCOCC4)cc3cc2O)CC(C)(C)N1. The van der Waals surface area contributed by atoms with E-state index >= 15 is 0 Å². The zero-order valence-electron chi connectivity index (χ0n) is 22.5. The van der Waals surface area contributed by atoms with E-state index in [1.807, 2.05) is 24.3 Å². The van der Waals surface area contributed by atoms with Crippen LogP contribution in [0.1, 0.15) is 46.1 Å². The lowest BCUT2D eigenvalue weighted by Crippen LogP contribution is -2.59. The highest BCUT2D eigenvalue weighted by Gasteiger charge is 2.38. The van der Waals surface area contributed by atoms with E-state index in [0.717, 1.165) is 62.2 Å². The minimum absolute atomic E-state index is 0.0106. The Kier molecular flexibility index (Phi) is 8.21. The first-order valence-corrected chi connectivity index (χ1v) is 13.1. The summed E-state index contributed by atoms with van der Waals surface area (Å²) >= 11 is 0. The summed E-state index contributed by atoms with van der Waals surface area (Å²) in [5.41, 5.74) is 13.4. The molecule has 8 heteroatoms. The number of nitrogens with zero attached hydrogens (tertiary/aromatic N) is 1. The van der Waals surface area contributed by atoms with Crippen LogP contribution in [0.4, 0.5) is 0 Å². The molecule has 0 radical (unpaired) electrons. The molecule has 0 atom stereocenters. The normalized spacial score (nSPS) is 21.2. The monoisotopic (exact) mass is 510 g/mol. The predicted octanol–water partition coefficient (Wildman–Crippen LogP) is 3.68. The maximum Gasteiger partial charge on any atom is 0.184 e. The molecule has 202 valence electrons.